The van der Waals surface area contributed by atoms with E-state index in [2.05, 4.69) is 5.10 Å². The first-order valence-corrected chi connectivity index (χ1v) is 7.77. The molecule has 1 heterocycles. The van der Waals surface area contributed by atoms with Crippen LogP contribution in [0.3, 0.4) is 0 Å². The number of methoxy groups -OCH3 is 1. The molecule has 3 rings (SSSR count). The van der Waals surface area contributed by atoms with Gasteiger partial charge in [0.25, 0.3) is 5.91 Å². The van der Waals surface area contributed by atoms with Gasteiger partial charge in [-0.15, -0.1) is 0 Å². The van der Waals surface area contributed by atoms with Gasteiger partial charge in [-0.3, -0.25) is 4.79 Å². The Morgan fingerprint density at radius 2 is 2.00 bits per heavy atom. The summed E-state index contributed by atoms with van der Waals surface area (Å²) in [5.74, 6) is -1.12. The number of carboxylic acids is 1. The zero-order chi connectivity index (χ0) is 17.3. The van der Waals surface area contributed by atoms with Gasteiger partial charge in [0, 0.05) is 6.04 Å². The van der Waals surface area contributed by atoms with Gasteiger partial charge in [-0.05, 0) is 31.9 Å². The van der Waals surface area contributed by atoms with Crippen LogP contribution in [0.4, 0.5) is 0 Å². The second kappa shape index (κ2) is 6.35. The molecule has 2 aromatic rings. The maximum absolute atomic E-state index is 12.9. The lowest BCUT2D eigenvalue weighted by Crippen LogP contribution is -2.45. The molecule has 7 heteroatoms. The van der Waals surface area contributed by atoms with Crippen molar-refractivity contribution in [2.75, 3.05) is 7.11 Å². The molecule has 24 heavy (non-hydrogen) atoms. The number of aliphatic carboxylic acids is 1. The molecule has 0 spiro atoms. The number of benzene rings is 1. The first-order valence-electron chi connectivity index (χ1n) is 7.77. The molecule has 0 saturated heterocycles. The molecule has 1 amide bonds. The SMILES string of the molecule is COc1cn(-c2ccccc2)nc1C(=O)N(C1CC1)C(C)C(=O)O. The van der Waals surface area contributed by atoms with Crippen LogP contribution < -0.4 is 4.74 Å². The zero-order valence-corrected chi connectivity index (χ0v) is 13.5. The lowest BCUT2D eigenvalue weighted by atomic mass is 10.2. The highest BCUT2D eigenvalue weighted by molar-refractivity contribution is 5.97. The number of aromatic nitrogens is 2. The van der Waals surface area contributed by atoms with E-state index < -0.39 is 17.9 Å². The highest BCUT2D eigenvalue weighted by atomic mass is 16.5. The Balaban J connectivity index is 1.96. The number of carbonyl (C=O) groups is 2. The van der Waals surface area contributed by atoms with Gasteiger partial charge >= 0.3 is 5.97 Å². The van der Waals surface area contributed by atoms with Crippen LogP contribution in [0, 0.1) is 0 Å². The fourth-order valence-corrected chi connectivity index (χ4v) is 2.62. The monoisotopic (exact) mass is 329 g/mol. The number of carbonyl (C=O) groups excluding carboxylic acids is 1. The van der Waals surface area contributed by atoms with E-state index >= 15 is 0 Å². The second-order valence-electron chi connectivity index (χ2n) is 5.78. The predicted octanol–water partition coefficient (Wildman–Crippen LogP) is 1.96. The number of carboxylic acid groups (broad SMARTS) is 1. The predicted molar refractivity (Wildman–Crippen MR) is 86.4 cm³/mol. The highest BCUT2D eigenvalue weighted by Crippen LogP contribution is 2.32. The van der Waals surface area contributed by atoms with Crippen molar-refractivity contribution in [1.82, 2.24) is 14.7 Å². The lowest BCUT2D eigenvalue weighted by molar-refractivity contribution is -0.141. The largest absolute Gasteiger partial charge is 0.493 e. The maximum Gasteiger partial charge on any atom is 0.326 e. The number of rotatable bonds is 6. The highest BCUT2D eigenvalue weighted by Gasteiger charge is 2.40. The van der Waals surface area contributed by atoms with Crippen LogP contribution in [0.1, 0.15) is 30.3 Å². The van der Waals surface area contributed by atoms with Crippen molar-refractivity contribution in [3.05, 3.63) is 42.2 Å². The first kappa shape index (κ1) is 16.0. The molecule has 0 aliphatic heterocycles. The van der Waals surface area contributed by atoms with E-state index in [1.54, 1.807) is 10.9 Å². The Bertz CT molecular complexity index is 752. The summed E-state index contributed by atoms with van der Waals surface area (Å²) < 4.78 is 6.84. The van der Waals surface area contributed by atoms with Crippen LogP contribution >= 0.6 is 0 Å². The topological polar surface area (TPSA) is 84.7 Å². The van der Waals surface area contributed by atoms with Crippen molar-refractivity contribution < 1.29 is 19.4 Å². The number of amides is 1. The molecule has 1 aromatic heterocycles. The van der Waals surface area contributed by atoms with Crippen LogP contribution in [0.2, 0.25) is 0 Å². The number of para-hydroxylation sites is 1. The Morgan fingerprint density at radius 1 is 1.33 bits per heavy atom. The molecule has 1 aromatic carbocycles. The Labute approximate surface area is 139 Å². The van der Waals surface area contributed by atoms with Crippen LogP contribution in [0.25, 0.3) is 5.69 Å². The van der Waals surface area contributed by atoms with Crippen LogP contribution in [0.5, 0.6) is 5.75 Å². The molecule has 1 fully saturated rings. The van der Waals surface area contributed by atoms with Crippen molar-refractivity contribution in [1.29, 1.82) is 0 Å². The minimum atomic E-state index is -1.03. The van der Waals surface area contributed by atoms with Crippen molar-refractivity contribution in [2.24, 2.45) is 0 Å². The fourth-order valence-electron chi connectivity index (χ4n) is 2.62. The molecule has 1 atom stereocenters. The summed E-state index contributed by atoms with van der Waals surface area (Å²) in [6.07, 6.45) is 3.25. The molecular weight excluding hydrogens is 310 g/mol. The molecule has 126 valence electrons. The third-order valence-corrected chi connectivity index (χ3v) is 4.07. The van der Waals surface area contributed by atoms with Crippen molar-refractivity contribution >= 4 is 11.9 Å². The standard InChI is InChI=1S/C17H19N3O4/c1-11(17(22)23)20(13-8-9-13)16(21)15-14(24-2)10-19(18-15)12-6-4-3-5-7-12/h3-7,10-11,13H,8-9H2,1-2H3,(H,22,23). The van der Waals surface area contributed by atoms with Gasteiger partial charge in [0.15, 0.2) is 11.4 Å². The molecule has 1 aliphatic carbocycles. The summed E-state index contributed by atoms with van der Waals surface area (Å²) in [5.41, 5.74) is 0.917. The first-order chi connectivity index (χ1) is 11.5. The average molecular weight is 329 g/mol. The molecule has 0 radical (unpaired) electrons. The average Bonchev–Trinajstić information content (AvgIpc) is 3.32. The molecule has 7 nitrogen and oxygen atoms in total. The molecule has 1 saturated carbocycles. The summed E-state index contributed by atoms with van der Waals surface area (Å²) >= 11 is 0. The van der Waals surface area contributed by atoms with Gasteiger partial charge in [0.1, 0.15) is 6.04 Å². The molecule has 1 unspecified atom stereocenters. The van der Waals surface area contributed by atoms with E-state index in [1.807, 2.05) is 30.3 Å². The molecular formula is C17H19N3O4. The summed E-state index contributed by atoms with van der Waals surface area (Å²) in [6.45, 7) is 1.51. The molecule has 1 N–H and O–H groups in total. The van der Waals surface area contributed by atoms with Gasteiger partial charge in [-0.25, -0.2) is 9.48 Å². The molecule has 0 bridgehead atoms. The summed E-state index contributed by atoms with van der Waals surface area (Å²) in [5, 5.41) is 13.6. The minimum Gasteiger partial charge on any atom is -0.493 e. The van der Waals surface area contributed by atoms with E-state index in [9.17, 15) is 14.7 Å². The van der Waals surface area contributed by atoms with E-state index in [0.717, 1.165) is 18.5 Å². The lowest BCUT2D eigenvalue weighted by Gasteiger charge is -2.25. The Kier molecular flexibility index (Phi) is 4.24. The number of nitrogens with zero attached hydrogens (tertiary/aromatic N) is 3. The van der Waals surface area contributed by atoms with Crippen molar-refractivity contribution in [3.8, 4) is 11.4 Å². The smallest absolute Gasteiger partial charge is 0.326 e. The quantitative estimate of drug-likeness (QED) is 0.876. The van der Waals surface area contributed by atoms with Gasteiger partial charge < -0.3 is 14.7 Å². The summed E-state index contributed by atoms with van der Waals surface area (Å²) in [6, 6.07) is 8.40. The van der Waals surface area contributed by atoms with Crippen LogP contribution in [-0.4, -0.2) is 50.9 Å². The van der Waals surface area contributed by atoms with E-state index in [1.165, 1.54) is 18.9 Å². The maximum atomic E-state index is 12.9. The van der Waals surface area contributed by atoms with Crippen molar-refractivity contribution in [3.63, 3.8) is 0 Å². The normalized spacial score (nSPS) is 14.9. The Hall–Kier alpha value is -2.83. The van der Waals surface area contributed by atoms with Gasteiger partial charge in [-0.2, -0.15) is 5.10 Å². The zero-order valence-electron chi connectivity index (χ0n) is 13.5. The van der Waals surface area contributed by atoms with E-state index in [4.69, 9.17) is 4.74 Å². The minimum absolute atomic E-state index is 0.0461. The van der Waals surface area contributed by atoms with E-state index in [0.29, 0.717) is 5.75 Å². The number of hydrogen-bond acceptors (Lipinski definition) is 4. The summed E-state index contributed by atoms with van der Waals surface area (Å²) in [4.78, 5) is 25.6. The van der Waals surface area contributed by atoms with E-state index in [-0.39, 0.29) is 11.7 Å². The van der Waals surface area contributed by atoms with Crippen LogP contribution in [0.15, 0.2) is 36.5 Å². The number of hydrogen-bond donors (Lipinski definition) is 1. The third-order valence-electron chi connectivity index (χ3n) is 4.07. The van der Waals surface area contributed by atoms with Gasteiger partial charge in [0.2, 0.25) is 0 Å². The molecule has 1 aliphatic rings. The summed E-state index contributed by atoms with van der Waals surface area (Å²) in [7, 11) is 1.46. The van der Waals surface area contributed by atoms with Gasteiger partial charge in [0.05, 0.1) is 19.0 Å². The van der Waals surface area contributed by atoms with Crippen molar-refractivity contribution in [2.45, 2.75) is 31.8 Å². The Morgan fingerprint density at radius 3 is 2.54 bits per heavy atom. The fraction of sp³-hybridized carbons (Fsp3) is 0.353. The van der Waals surface area contributed by atoms with Crippen LogP contribution in [-0.2, 0) is 4.79 Å². The third kappa shape index (κ3) is 2.97. The van der Waals surface area contributed by atoms with Gasteiger partial charge in [-0.1, -0.05) is 18.2 Å². The number of ether oxygens (including phenoxy) is 1. The second-order valence-corrected chi connectivity index (χ2v) is 5.78.